The number of piperidine rings is 1. The van der Waals surface area contributed by atoms with Gasteiger partial charge in [0.15, 0.2) is 6.61 Å². The molecule has 0 aliphatic carbocycles. The van der Waals surface area contributed by atoms with Crippen molar-refractivity contribution in [1.29, 1.82) is 0 Å². The number of sulfonamides is 1. The summed E-state index contributed by atoms with van der Waals surface area (Å²) < 4.78 is 36.9. The van der Waals surface area contributed by atoms with Crippen molar-refractivity contribution in [2.24, 2.45) is 0 Å². The van der Waals surface area contributed by atoms with Gasteiger partial charge in [-0.15, -0.1) is 0 Å². The molecule has 1 N–H and O–H groups in total. The second-order valence-corrected chi connectivity index (χ2v) is 7.92. The fourth-order valence-corrected chi connectivity index (χ4v) is 3.73. The first-order chi connectivity index (χ1) is 12.9. The summed E-state index contributed by atoms with van der Waals surface area (Å²) in [6.45, 7) is 3.31. The van der Waals surface area contributed by atoms with Crippen molar-refractivity contribution in [1.82, 2.24) is 9.62 Å². The number of nitrogens with one attached hydrogen (secondary N) is 1. The van der Waals surface area contributed by atoms with Crippen LogP contribution in [-0.4, -0.2) is 58.0 Å². The predicted molar refractivity (Wildman–Crippen MR) is 98.8 cm³/mol. The standard InChI is InChI=1S/C18H26N2O6S/c1-2-25-15-6-8-16(9-7-15)27(23,24)19-11-10-18(22)26-14-17(21)20-12-4-3-5-13-20/h6-9,19H,2-5,10-14H2,1H3. The van der Waals surface area contributed by atoms with Crippen LogP contribution in [0.4, 0.5) is 0 Å². The van der Waals surface area contributed by atoms with Gasteiger partial charge in [0.05, 0.1) is 17.9 Å². The van der Waals surface area contributed by atoms with Crippen molar-refractivity contribution in [2.75, 3.05) is 32.8 Å². The zero-order chi connectivity index (χ0) is 19.7. The number of carbonyl (C=O) groups excluding carboxylic acids is 2. The van der Waals surface area contributed by atoms with Gasteiger partial charge in [-0.3, -0.25) is 9.59 Å². The Kier molecular flexibility index (Phi) is 8.05. The lowest BCUT2D eigenvalue weighted by Crippen LogP contribution is -2.38. The summed E-state index contributed by atoms with van der Waals surface area (Å²) in [6, 6.07) is 6.00. The molecule has 150 valence electrons. The van der Waals surface area contributed by atoms with Crippen molar-refractivity contribution in [3.05, 3.63) is 24.3 Å². The zero-order valence-corrected chi connectivity index (χ0v) is 16.3. The zero-order valence-electron chi connectivity index (χ0n) is 15.5. The van der Waals surface area contributed by atoms with Crippen LogP contribution in [0.3, 0.4) is 0 Å². The van der Waals surface area contributed by atoms with E-state index in [-0.39, 0.29) is 30.4 Å². The number of carbonyl (C=O) groups is 2. The highest BCUT2D eigenvalue weighted by atomic mass is 32.2. The second-order valence-electron chi connectivity index (χ2n) is 6.15. The molecule has 0 saturated carbocycles. The Morgan fingerprint density at radius 2 is 1.78 bits per heavy atom. The summed E-state index contributed by atoms with van der Waals surface area (Å²) in [5.74, 6) is -0.244. The maximum atomic E-state index is 12.2. The number of amides is 1. The molecule has 27 heavy (non-hydrogen) atoms. The van der Waals surface area contributed by atoms with E-state index < -0.39 is 16.0 Å². The van der Waals surface area contributed by atoms with E-state index in [9.17, 15) is 18.0 Å². The molecule has 1 fully saturated rings. The molecule has 9 heteroatoms. The molecule has 1 heterocycles. The number of ether oxygens (including phenoxy) is 2. The Balaban J connectivity index is 1.72. The predicted octanol–water partition coefficient (Wildman–Crippen LogP) is 1.31. The van der Waals surface area contributed by atoms with Crippen molar-refractivity contribution < 1.29 is 27.5 Å². The highest BCUT2D eigenvalue weighted by Gasteiger charge is 2.18. The Morgan fingerprint density at radius 1 is 1.11 bits per heavy atom. The summed E-state index contributed by atoms with van der Waals surface area (Å²) in [7, 11) is -3.72. The SMILES string of the molecule is CCOc1ccc(S(=O)(=O)NCCC(=O)OCC(=O)N2CCCCC2)cc1. The molecule has 1 aliphatic heterocycles. The molecule has 0 spiro atoms. The molecule has 2 rings (SSSR count). The van der Waals surface area contributed by atoms with Crippen LogP contribution in [0.1, 0.15) is 32.6 Å². The summed E-state index contributed by atoms with van der Waals surface area (Å²) in [5.41, 5.74) is 0. The van der Waals surface area contributed by atoms with Gasteiger partial charge in [0.25, 0.3) is 5.91 Å². The summed E-state index contributed by atoms with van der Waals surface area (Å²) in [6.07, 6.45) is 2.89. The van der Waals surface area contributed by atoms with Gasteiger partial charge in [-0.2, -0.15) is 0 Å². The van der Waals surface area contributed by atoms with Crippen LogP contribution >= 0.6 is 0 Å². The largest absolute Gasteiger partial charge is 0.494 e. The molecule has 0 unspecified atom stereocenters. The van der Waals surface area contributed by atoms with Gasteiger partial charge in [-0.05, 0) is 50.5 Å². The van der Waals surface area contributed by atoms with Crippen LogP contribution in [-0.2, 0) is 24.3 Å². The highest BCUT2D eigenvalue weighted by molar-refractivity contribution is 7.89. The molecular formula is C18H26N2O6S. The van der Waals surface area contributed by atoms with Gasteiger partial charge >= 0.3 is 5.97 Å². The normalized spacial score (nSPS) is 14.6. The second kappa shape index (κ2) is 10.3. The number of hydrogen-bond donors (Lipinski definition) is 1. The van der Waals surface area contributed by atoms with Gasteiger partial charge in [0.2, 0.25) is 10.0 Å². The molecule has 0 atom stereocenters. The van der Waals surface area contributed by atoms with E-state index in [4.69, 9.17) is 9.47 Å². The number of hydrogen-bond acceptors (Lipinski definition) is 6. The molecule has 1 amide bonds. The van der Waals surface area contributed by atoms with E-state index in [1.54, 1.807) is 17.0 Å². The molecule has 0 bridgehead atoms. The van der Waals surface area contributed by atoms with Crippen LogP contribution in [0.15, 0.2) is 29.2 Å². The van der Waals surface area contributed by atoms with E-state index in [1.165, 1.54) is 12.1 Å². The third kappa shape index (κ3) is 6.84. The Hall–Kier alpha value is -2.13. The van der Waals surface area contributed by atoms with Crippen molar-refractivity contribution in [3.8, 4) is 5.75 Å². The molecule has 1 saturated heterocycles. The number of esters is 1. The van der Waals surface area contributed by atoms with Crippen LogP contribution in [0.25, 0.3) is 0 Å². The first-order valence-electron chi connectivity index (χ1n) is 9.08. The van der Waals surface area contributed by atoms with Crippen LogP contribution in [0.2, 0.25) is 0 Å². The summed E-state index contributed by atoms with van der Waals surface area (Å²) >= 11 is 0. The number of rotatable bonds is 9. The van der Waals surface area contributed by atoms with Gasteiger partial charge in [-0.1, -0.05) is 0 Å². The number of benzene rings is 1. The van der Waals surface area contributed by atoms with Crippen molar-refractivity contribution in [2.45, 2.75) is 37.5 Å². The van der Waals surface area contributed by atoms with Crippen molar-refractivity contribution in [3.63, 3.8) is 0 Å². The average molecular weight is 398 g/mol. The Morgan fingerprint density at radius 3 is 2.41 bits per heavy atom. The fourth-order valence-electron chi connectivity index (χ4n) is 2.70. The van der Waals surface area contributed by atoms with Gasteiger partial charge in [-0.25, -0.2) is 13.1 Å². The molecular weight excluding hydrogens is 372 g/mol. The lowest BCUT2D eigenvalue weighted by molar-refractivity contribution is -0.152. The molecule has 1 aromatic rings. The Labute approximate surface area is 159 Å². The molecule has 0 aromatic heterocycles. The third-order valence-electron chi connectivity index (χ3n) is 4.13. The van der Waals surface area contributed by atoms with Gasteiger partial charge in [0.1, 0.15) is 5.75 Å². The molecule has 1 aromatic carbocycles. The highest BCUT2D eigenvalue weighted by Crippen LogP contribution is 2.15. The van der Waals surface area contributed by atoms with Gasteiger partial charge < -0.3 is 14.4 Å². The minimum absolute atomic E-state index is 0.0830. The van der Waals surface area contributed by atoms with E-state index >= 15 is 0 Å². The van der Waals surface area contributed by atoms with Crippen LogP contribution < -0.4 is 9.46 Å². The fraction of sp³-hybridized carbons (Fsp3) is 0.556. The number of nitrogens with zero attached hydrogens (tertiary/aromatic N) is 1. The minimum atomic E-state index is -3.72. The maximum Gasteiger partial charge on any atom is 0.307 e. The van der Waals surface area contributed by atoms with Crippen molar-refractivity contribution >= 4 is 21.9 Å². The third-order valence-corrected chi connectivity index (χ3v) is 5.61. The van der Waals surface area contributed by atoms with E-state index in [1.807, 2.05) is 6.92 Å². The van der Waals surface area contributed by atoms with E-state index in [0.717, 1.165) is 19.3 Å². The summed E-state index contributed by atoms with van der Waals surface area (Å²) in [4.78, 5) is 25.4. The Bertz CT molecular complexity index is 727. The quantitative estimate of drug-likeness (QED) is 0.629. The lowest BCUT2D eigenvalue weighted by Gasteiger charge is -2.26. The van der Waals surface area contributed by atoms with Crippen LogP contribution in [0.5, 0.6) is 5.75 Å². The first-order valence-corrected chi connectivity index (χ1v) is 10.6. The molecule has 8 nitrogen and oxygen atoms in total. The smallest absolute Gasteiger partial charge is 0.307 e. The lowest BCUT2D eigenvalue weighted by atomic mass is 10.1. The van der Waals surface area contributed by atoms with Gasteiger partial charge in [0, 0.05) is 19.6 Å². The average Bonchev–Trinajstić information content (AvgIpc) is 2.67. The van der Waals surface area contributed by atoms with E-state index in [0.29, 0.717) is 25.4 Å². The first kappa shape index (κ1) is 21.2. The number of likely N-dealkylation sites (tertiary alicyclic amines) is 1. The topological polar surface area (TPSA) is 102 Å². The molecule has 1 aliphatic rings. The minimum Gasteiger partial charge on any atom is -0.494 e. The van der Waals surface area contributed by atoms with Crippen LogP contribution in [0, 0.1) is 0 Å². The monoisotopic (exact) mass is 398 g/mol. The maximum absolute atomic E-state index is 12.2. The van der Waals surface area contributed by atoms with E-state index in [2.05, 4.69) is 4.72 Å². The summed E-state index contributed by atoms with van der Waals surface area (Å²) in [5, 5.41) is 0. The molecule has 0 radical (unpaired) electrons.